The predicted octanol–water partition coefficient (Wildman–Crippen LogP) is 7.90. The third-order valence-electron chi connectivity index (χ3n) is 11.0. The van der Waals surface area contributed by atoms with Gasteiger partial charge in [-0.15, -0.1) is 0 Å². The highest BCUT2D eigenvalue weighted by Gasteiger charge is 2.29. The van der Waals surface area contributed by atoms with Gasteiger partial charge in [-0.1, -0.05) is 89.4 Å². The van der Waals surface area contributed by atoms with Gasteiger partial charge in [-0.05, 0) is 60.9 Å². The van der Waals surface area contributed by atoms with Gasteiger partial charge >= 0.3 is 15.2 Å². The third kappa shape index (κ3) is 15.8. The number of rotatable bonds is 25. The molecule has 0 spiro atoms. The van der Waals surface area contributed by atoms with Crippen LogP contribution >= 0.6 is 38.4 Å². The van der Waals surface area contributed by atoms with Crippen LogP contribution in [0.3, 0.4) is 0 Å². The highest BCUT2D eigenvalue weighted by molar-refractivity contribution is 7.53. The minimum atomic E-state index is -3.91. The summed E-state index contributed by atoms with van der Waals surface area (Å²) in [6.07, 6.45) is 2.02. The summed E-state index contributed by atoms with van der Waals surface area (Å²) in [6, 6.07) is 25.7. The van der Waals surface area contributed by atoms with Gasteiger partial charge in [0.15, 0.2) is 33.9 Å². The Balaban J connectivity index is 0.000000221. The molecule has 0 saturated heterocycles. The number of hydrogen-bond acceptors (Lipinski definition) is 19. The second kappa shape index (κ2) is 26.3. The van der Waals surface area contributed by atoms with E-state index in [0.717, 1.165) is 11.1 Å². The molecular weight excluding hydrogens is 1070 g/mol. The summed E-state index contributed by atoms with van der Waals surface area (Å²) in [5, 5.41) is 0.996. The van der Waals surface area contributed by atoms with E-state index in [2.05, 4.69) is 29.9 Å². The number of H-pyrrole nitrogens is 2. The van der Waals surface area contributed by atoms with E-state index in [4.69, 9.17) is 67.0 Å². The SMILES string of the molecule is COc1cc(C(=O)COP(=O)(COCCn2cnc3c(=O)[nH]c(N)nc32)OCc2cccc(Cl)c2)ccc1C.Cc1ccc(C(=O)COP(=O)(COCCn2cnc3c(=O)[nH]c(N)nc32)OCc2cccc(Cl)c2)cc1. The summed E-state index contributed by atoms with van der Waals surface area (Å²) in [4.78, 5) is 70.3. The van der Waals surface area contributed by atoms with E-state index < -0.39 is 58.0 Å². The Morgan fingerprint density at radius 1 is 0.632 bits per heavy atom. The Bertz CT molecular complexity index is 3550. The van der Waals surface area contributed by atoms with E-state index in [1.165, 1.54) is 19.8 Å². The maximum absolute atomic E-state index is 13.6. The lowest BCUT2D eigenvalue weighted by Crippen LogP contribution is -2.14. The zero-order valence-electron chi connectivity index (χ0n) is 41.2. The van der Waals surface area contributed by atoms with Gasteiger partial charge in [-0.25, -0.2) is 9.97 Å². The van der Waals surface area contributed by atoms with Crippen molar-refractivity contribution in [2.75, 3.05) is 57.7 Å². The van der Waals surface area contributed by atoms with Crippen molar-refractivity contribution < 1.29 is 51.0 Å². The Labute approximate surface area is 443 Å². The summed E-state index contributed by atoms with van der Waals surface area (Å²) < 4.78 is 69.0. The number of aromatic nitrogens is 8. The van der Waals surface area contributed by atoms with Crippen LogP contribution in [0.25, 0.3) is 22.3 Å². The van der Waals surface area contributed by atoms with Crippen molar-refractivity contribution in [1.82, 2.24) is 39.0 Å². The Morgan fingerprint density at radius 2 is 1.09 bits per heavy atom. The number of nitrogens with one attached hydrogen (secondary N) is 2. The monoisotopic (exact) mass is 1120 g/mol. The maximum atomic E-state index is 13.6. The molecule has 4 heterocycles. The van der Waals surface area contributed by atoms with Crippen molar-refractivity contribution in [3.63, 3.8) is 0 Å². The maximum Gasteiger partial charge on any atom is 0.356 e. The fourth-order valence-corrected chi connectivity index (χ4v) is 9.88. The largest absolute Gasteiger partial charge is 0.496 e. The summed E-state index contributed by atoms with van der Waals surface area (Å²) in [7, 11) is -6.25. The lowest BCUT2D eigenvalue weighted by molar-refractivity contribution is 0.0852. The fourth-order valence-electron chi connectivity index (χ4n) is 6.98. The number of nitrogens with two attached hydrogens (primary N) is 2. The molecule has 76 heavy (non-hydrogen) atoms. The van der Waals surface area contributed by atoms with Crippen molar-refractivity contribution in [3.05, 3.63) is 168 Å². The Hall–Kier alpha value is -6.88. The number of nitrogens with zero attached hydrogens (tertiary/aromatic N) is 6. The first-order chi connectivity index (χ1) is 36.4. The first-order valence-corrected chi connectivity index (χ1v) is 27.2. The number of benzene rings is 4. The number of ketones is 2. The van der Waals surface area contributed by atoms with Crippen molar-refractivity contribution in [2.24, 2.45) is 0 Å². The zero-order chi connectivity index (χ0) is 54.4. The number of nitrogen functional groups attached to an aromatic ring is 2. The molecular formula is C49H52Cl2N10O13P2. The molecule has 8 aromatic rings. The Morgan fingerprint density at radius 3 is 1.55 bits per heavy atom. The van der Waals surface area contributed by atoms with Crippen LogP contribution in [0.15, 0.2) is 113 Å². The minimum Gasteiger partial charge on any atom is -0.496 e. The zero-order valence-corrected chi connectivity index (χ0v) is 44.5. The summed E-state index contributed by atoms with van der Waals surface area (Å²) in [5.41, 5.74) is 15.2. The predicted molar refractivity (Wildman–Crippen MR) is 284 cm³/mol. The Kier molecular flexibility index (Phi) is 19.6. The molecule has 4 aromatic heterocycles. The van der Waals surface area contributed by atoms with E-state index in [1.54, 1.807) is 88.0 Å². The van der Waals surface area contributed by atoms with Gasteiger partial charge in [0.1, 0.15) is 31.7 Å². The number of carbonyl (C=O) groups is 2. The number of hydrogen-bond donors (Lipinski definition) is 4. The number of ether oxygens (including phenoxy) is 3. The molecule has 2 unspecified atom stereocenters. The number of imidazole rings is 2. The van der Waals surface area contributed by atoms with Gasteiger partial charge in [0.2, 0.25) is 11.9 Å². The van der Waals surface area contributed by atoms with E-state index in [0.29, 0.717) is 43.7 Å². The van der Waals surface area contributed by atoms with Gasteiger partial charge in [-0.3, -0.25) is 47.3 Å². The van der Waals surface area contributed by atoms with Gasteiger partial charge in [0.05, 0.1) is 46.2 Å². The van der Waals surface area contributed by atoms with E-state index >= 15 is 0 Å². The molecule has 0 saturated carbocycles. The van der Waals surface area contributed by atoms with Gasteiger partial charge in [0.25, 0.3) is 11.1 Å². The molecule has 400 valence electrons. The van der Waals surface area contributed by atoms with Crippen LogP contribution in [-0.2, 0) is 63.0 Å². The molecule has 4 aromatic carbocycles. The quantitative estimate of drug-likeness (QED) is 0.0240. The normalized spacial score (nSPS) is 13.0. The second-order valence-electron chi connectivity index (χ2n) is 16.7. The number of Topliss-reactive ketones (excluding diaryl/α,β-unsaturated/α-hetero) is 2. The summed E-state index contributed by atoms with van der Waals surface area (Å²) in [6.45, 7) is 3.27. The molecule has 0 fully saturated rings. The van der Waals surface area contributed by atoms with E-state index in [-0.39, 0.29) is 73.9 Å². The third-order valence-corrected chi connectivity index (χ3v) is 14.5. The first kappa shape index (κ1) is 56.8. The molecule has 0 radical (unpaired) electrons. The lowest BCUT2D eigenvalue weighted by Gasteiger charge is -2.19. The number of fused-ring (bicyclic) bond motifs is 2. The molecule has 27 heteroatoms. The second-order valence-corrected chi connectivity index (χ2v) is 21.5. The van der Waals surface area contributed by atoms with Crippen molar-refractivity contribution in [1.29, 1.82) is 0 Å². The van der Waals surface area contributed by atoms with Crippen molar-refractivity contribution in [2.45, 2.75) is 40.2 Å². The molecule has 2 atom stereocenters. The van der Waals surface area contributed by atoms with Crippen molar-refractivity contribution in [3.8, 4) is 5.75 Å². The van der Waals surface area contributed by atoms with Gasteiger partial charge in [-0.2, -0.15) is 9.97 Å². The summed E-state index contributed by atoms with van der Waals surface area (Å²) in [5.74, 6) is -0.275. The van der Waals surface area contributed by atoms with Crippen LogP contribution in [0.5, 0.6) is 5.75 Å². The van der Waals surface area contributed by atoms with Crippen LogP contribution < -0.4 is 27.3 Å². The molecule has 8 rings (SSSR count). The van der Waals surface area contributed by atoms with Crippen LogP contribution in [-0.4, -0.2) is 96.8 Å². The van der Waals surface area contributed by atoms with Gasteiger partial charge < -0.3 is 43.9 Å². The highest BCUT2D eigenvalue weighted by atomic mass is 35.5. The number of halogens is 2. The van der Waals surface area contributed by atoms with E-state index in [9.17, 15) is 28.3 Å². The smallest absolute Gasteiger partial charge is 0.356 e. The topological polar surface area (TPSA) is 312 Å². The summed E-state index contributed by atoms with van der Waals surface area (Å²) >= 11 is 12.1. The average molecular weight is 1120 g/mol. The van der Waals surface area contributed by atoms with Crippen LogP contribution in [0.4, 0.5) is 11.9 Å². The molecule has 0 aliphatic rings. The molecule has 0 aliphatic heterocycles. The fraction of sp³-hybridized carbons (Fsp3) is 0.265. The van der Waals surface area contributed by atoms with E-state index in [1.807, 2.05) is 26.0 Å². The molecule has 0 amide bonds. The van der Waals surface area contributed by atoms with Crippen LogP contribution in [0.1, 0.15) is 43.0 Å². The molecule has 23 nitrogen and oxygen atoms in total. The standard InChI is InChI=1S/C25H27ClN5O7P.C24H25ClN5O6P/c1-16-6-7-18(11-21(16)35-2)20(32)13-38-39(34,37-12-17-4-3-5-19(26)10-17)15-36-9-8-31-14-28-22-23(31)29-25(27)30-24(22)33;1-16-5-7-18(8-6-16)20(31)13-36-37(33,35-12-17-3-2-4-19(25)11-17)15-34-10-9-30-14-27-21-22(30)28-24(26)29-23(21)32/h3-7,10-11,14H,8-9,12-13,15H2,1-2H3,(H3,27,29,30,33);2-8,11,14H,9-10,12-13,15H2,1H3,(H3,26,28,29,32). The number of carbonyl (C=O) groups excluding carboxylic acids is 2. The van der Waals surface area contributed by atoms with Crippen molar-refractivity contribution >= 4 is 84.2 Å². The number of aryl methyl sites for hydroxylation is 2. The van der Waals surface area contributed by atoms with Crippen LogP contribution in [0, 0.1) is 13.8 Å². The first-order valence-electron chi connectivity index (χ1n) is 23.0. The highest BCUT2D eigenvalue weighted by Crippen LogP contribution is 2.50. The molecule has 0 bridgehead atoms. The average Bonchev–Trinajstić information content (AvgIpc) is 4.01. The number of anilines is 2. The minimum absolute atomic E-state index is 0.0364. The molecule has 6 N–H and O–H groups in total. The number of aromatic amines is 2. The molecule has 0 aliphatic carbocycles. The number of methoxy groups -OCH3 is 1. The van der Waals surface area contributed by atoms with Crippen LogP contribution in [0.2, 0.25) is 10.0 Å². The van der Waals surface area contributed by atoms with Gasteiger partial charge in [0, 0.05) is 34.3 Å². The lowest BCUT2D eigenvalue weighted by atomic mass is 10.1.